The number of benzene rings is 1. The largest absolute Gasteiger partial charge is 0.330 e. The van der Waals surface area contributed by atoms with Crippen LogP contribution in [0.1, 0.15) is 28.9 Å². The van der Waals surface area contributed by atoms with Crippen LogP contribution < -0.4 is 0 Å². The zero-order valence-corrected chi connectivity index (χ0v) is 12.9. The molecule has 0 spiro atoms. The van der Waals surface area contributed by atoms with E-state index in [-0.39, 0.29) is 16.4 Å². The van der Waals surface area contributed by atoms with Gasteiger partial charge in [-0.15, -0.1) is 0 Å². The van der Waals surface area contributed by atoms with E-state index in [0.717, 1.165) is 18.5 Å². The van der Waals surface area contributed by atoms with Crippen LogP contribution in [0.3, 0.4) is 0 Å². The third-order valence-electron chi connectivity index (χ3n) is 3.49. The lowest BCUT2D eigenvalue weighted by molar-refractivity contribution is 0.0726. The summed E-state index contributed by atoms with van der Waals surface area (Å²) in [5.41, 5.74) is 1.20. The molecule has 1 aliphatic rings. The molecule has 5 heteroatoms. The van der Waals surface area contributed by atoms with E-state index in [1.54, 1.807) is 23.2 Å². The summed E-state index contributed by atoms with van der Waals surface area (Å²) in [7, 11) is 0. The summed E-state index contributed by atoms with van der Waals surface area (Å²) in [5, 5.41) is 0. The van der Waals surface area contributed by atoms with Crippen molar-refractivity contribution in [1.82, 2.24) is 9.88 Å². The van der Waals surface area contributed by atoms with Gasteiger partial charge in [0.2, 0.25) is 0 Å². The van der Waals surface area contributed by atoms with Crippen molar-refractivity contribution in [1.29, 1.82) is 0 Å². The molecule has 0 unspecified atom stereocenters. The topological polar surface area (TPSA) is 33.2 Å². The average molecular weight is 349 g/mol. The van der Waals surface area contributed by atoms with Gasteiger partial charge in [0.1, 0.15) is 5.82 Å². The van der Waals surface area contributed by atoms with Crippen LogP contribution in [0.4, 0.5) is 4.39 Å². The van der Waals surface area contributed by atoms with E-state index in [9.17, 15) is 9.18 Å². The number of nitrogens with zero attached hydrogens (tertiary/aromatic N) is 2. The van der Waals surface area contributed by atoms with Crippen LogP contribution in [0.15, 0.2) is 47.1 Å². The van der Waals surface area contributed by atoms with E-state index >= 15 is 0 Å². The van der Waals surface area contributed by atoms with Gasteiger partial charge in [0, 0.05) is 12.2 Å². The van der Waals surface area contributed by atoms with Crippen LogP contribution in [-0.4, -0.2) is 21.8 Å². The number of carbonyl (C=O) groups is 1. The summed E-state index contributed by atoms with van der Waals surface area (Å²) >= 11 is 3.17. The van der Waals surface area contributed by atoms with E-state index < -0.39 is 5.82 Å². The maximum atomic E-state index is 13.6. The second-order valence-corrected chi connectivity index (χ2v) is 5.88. The van der Waals surface area contributed by atoms with Crippen LogP contribution in [-0.2, 0) is 6.54 Å². The first-order valence-electron chi connectivity index (χ1n) is 6.81. The third kappa shape index (κ3) is 3.13. The predicted octanol–water partition coefficient (Wildman–Crippen LogP) is 3.79. The van der Waals surface area contributed by atoms with Crippen molar-refractivity contribution in [2.75, 3.05) is 0 Å². The SMILES string of the molecule is O=C(c1cccc(F)c1Br)N(Cc1ccccn1)C1CC1. The Labute approximate surface area is 130 Å². The summed E-state index contributed by atoms with van der Waals surface area (Å²) in [5.74, 6) is -0.580. The van der Waals surface area contributed by atoms with Gasteiger partial charge in [0.15, 0.2) is 0 Å². The fraction of sp³-hybridized carbons (Fsp3) is 0.250. The number of carbonyl (C=O) groups excluding carboxylic acids is 1. The van der Waals surface area contributed by atoms with E-state index in [1.807, 2.05) is 18.2 Å². The predicted molar refractivity (Wildman–Crippen MR) is 81.2 cm³/mol. The Kier molecular flexibility index (Phi) is 4.01. The van der Waals surface area contributed by atoms with Gasteiger partial charge in [-0.1, -0.05) is 12.1 Å². The van der Waals surface area contributed by atoms with Gasteiger partial charge in [-0.3, -0.25) is 9.78 Å². The zero-order chi connectivity index (χ0) is 14.8. The minimum Gasteiger partial charge on any atom is -0.330 e. The second kappa shape index (κ2) is 5.93. The summed E-state index contributed by atoms with van der Waals surface area (Å²) < 4.78 is 13.8. The van der Waals surface area contributed by atoms with Crippen LogP contribution in [0.25, 0.3) is 0 Å². The second-order valence-electron chi connectivity index (χ2n) is 5.09. The Hall–Kier alpha value is -1.75. The fourth-order valence-corrected chi connectivity index (χ4v) is 2.68. The van der Waals surface area contributed by atoms with Gasteiger partial charge in [0.25, 0.3) is 5.91 Å². The van der Waals surface area contributed by atoms with Crippen molar-refractivity contribution in [3.8, 4) is 0 Å². The summed E-state index contributed by atoms with van der Waals surface area (Å²) in [6.45, 7) is 0.452. The van der Waals surface area contributed by atoms with Gasteiger partial charge in [-0.2, -0.15) is 0 Å². The molecule has 0 aliphatic heterocycles. The van der Waals surface area contributed by atoms with E-state index in [0.29, 0.717) is 12.1 Å². The third-order valence-corrected chi connectivity index (χ3v) is 4.29. The molecule has 1 aliphatic carbocycles. The van der Waals surface area contributed by atoms with Crippen molar-refractivity contribution < 1.29 is 9.18 Å². The van der Waals surface area contributed by atoms with Crippen molar-refractivity contribution >= 4 is 21.8 Å². The lowest BCUT2D eigenvalue weighted by atomic mass is 10.2. The van der Waals surface area contributed by atoms with E-state index in [2.05, 4.69) is 20.9 Å². The van der Waals surface area contributed by atoms with Gasteiger partial charge in [-0.25, -0.2) is 4.39 Å². The lowest BCUT2D eigenvalue weighted by Crippen LogP contribution is -2.33. The summed E-state index contributed by atoms with van der Waals surface area (Å²) in [4.78, 5) is 18.7. The molecule has 0 atom stereocenters. The molecule has 0 radical (unpaired) electrons. The van der Waals surface area contributed by atoms with E-state index in [4.69, 9.17) is 0 Å². The Morgan fingerprint density at radius 3 is 2.76 bits per heavy atom. The number of aromatic nitrogens is 1. The highest BCUT2D eigenvalue weighted by Crippen LogP contribution is 2.31. The first kappa shape index (κ1) is 14.2. The maximum Gasteiger partial charge on any atom is 0.255 e. The smallest absolute Gasteiger partial charge is 0.255 e. The highest BCUT2D eigenvalue weighted by molar-refractivity contribution is 9.10. The fourth-order valence-electron chi connectivity index (χ4n) is 2.24. The first-order chi connectivity index (χ1) is 10.2. The Bertz CT molecular complexity index is 659. The molecule has 3 nitrogen and oxygen atoms in total. The number of halogens is 2. The standard InChI is InChI=1S/C16H14BrFN2O/c17-15-13(5-3-6-14(15)18)16(21)20(12-7-8-12)10-11-4-1-2-9-19-11/h1-6,9,12H,7-8,10H2. The first-order valence-corrected chi connectivity index (χ1v) is 7.61. The summed E-state index contributed by atoms with van der Waals surface area (Å²) in [6.07, 6.45) is 3.69. The normalized spacial score (nSPS) is 14.0. The molecule has 1 heterocycles. The van der Waals surface area contributed by atoms with E-state index in [1.165, 1.54) is 6.07 Å². The minimum absolute atomic E-state index is 0.158. The van der Waals surface area contributed by atoms with Crippen molar-refractivity contribution in [3.05, 3.63) is 64.1 Å². The molecule has 0 saturated heterocycles. The van der Waals surface area contributed by atoms with Gasteiger partial charge in [-0.05, 0) is 53.0 Å². The molecule has 1 saturated carbocycles. The van der Waals surface area contributed by atoms with Crippen LogP contribution >= 0.6 is 15.9 Å². The monoisotopic (exact) mass is 348 g/mol. The quantitative estimate of drug-likeness (QED) is 0.842. The van der Waals surface area contributed by atoms with Crippen molar-refractivity contribution in [3.63, 3.8) is 0 Å². The van der Waals surface area contributed by atoms with Crippen molar-refractivity contribution in [2.45, 2.75) is 25.4 Å². The van der Waals surface area contributed by atoms with Crippen molar-refractivity contribution in [2.24, 2.45) is 0 Å². The highest BCUT2D eigenvalue weighted by atomic mass is 79.9. The number of pyridine rings is 1. The molecule has 3 rings (SSSR count). The molecule has 21 heavy (non-hydrogen) atoms. The molecule has 1 amide bonds. The number of amides is 1. The molecule has 1 aromatic carbocycles. The van der Waals surface area contributed by atoms with Gasteiger partial charge < -0.3 is 4.90 Å². The van der Waals surface area contributed by atoms with Crippen LogP contribution in [0, 0.1) is 5.82 Å². The van der Waals surface area contributed by atoms with Gasteiger partial charge in [0.05, 0.1) is 22.3 Å². The number of hydrogen-bond donors (Lipinski definition) is 0. The Balaban J connectivity index is 1.87. The number of rotatable bonds is 4. The van der Waals surface area contributed by atoms with Gasteiger partial charge >= 0.3 is 0 Å². The lowest BCUT2D eigenvalue weighted by Gasteiger charge is -2.22. The Morgan fingerprint density at radius 1 is 1.29 bits per heavy atom. The molecular weight excluding hydrogens is 335 g/mol. The average Bonchev–Trinajstić information content (AvgIpc) is 3.33. The van der Waals surface area contributed by atoms with Crippen LogP contribution in [0.2, 0.25) is 0 Å². The highest BCUT2D eigenvalue weighted by Gasteiger charge is 2.34. The van der Waals surface area contributed by atoms with Crippen LogP contribution in [0.5, 0.6) is 0 Å². The molecular formula is C16H14BrFN2O. The molecule has 0 N–H and O–H groups in total. The molecule has 1 fully saturated rings. The number of hydrogen-bond acceptors (Lipinski definition) is 2. The Morgan fingerprint density at radius 2 is 2.10 bits per heavy atom. The minimum atomic E-state index is -0.422. The molecule has 108 valence electrons. The zero-order valence-electron chi connectivity index (χ0n) is 11.3. The molecule has 2 aromatic rings. The molecule has 0 bridgehead atoms. The molecule has 1 aromatic heterocycles. The summed E-state index contributed by atoms with van der Waals surface area (Å²) in [6, 6.07) is 10.4. The maximum absolute atomic E-state index is 13.6.